The van der Waals surface area contributed by atoms with Crippen LogP contribution >= 0.6 is 0 Å². The van der Waals surface area contributed by atoms with Crippen molar-refractivity contribution >= 4 is 16.8 Å². The largest absolute Gasteiger partial charge is 0.351 e. The van der Waals surface area contributed by atoms with E-state index in [0.29, 0.717) is 5.69 Å². The summed E-state index contributed by atoms with van der Waals surface area (Å²) in [4.78, 5) is 15.4. The van der Waals surface area contributed by atoms with Crippen molar-refractivity contribution in [2.24, 2.45) is 5.73 Å². The van der Waals surface area contributed by atoms with Gasteiger partial charge in [0.05, 0.1) is 0 Å². The Labute approximate surface area is 112 Å². The van der Waals surface area contributed by atoms with Crippen LogP contribution in [0.3, 0.4) is 0 Å². The summed E-state index contributed by atoms with van der Waals surface area (Å²) < 4.78 is 0. The number of carbonyl (C=O) groups is 1. The van der Waals surface area contributed by atoms with E-state index in [2.05, 4.69) is 16.4 Å². The first-order valence-corrected chi connectivity index (χ1v) is 6.79. The number of hydrogen-bond donors (Lipinski definition) is 3. The van der Waals surface area contributed by atoms with E-state index in [-0.39, 0.29) is 18.0 Å². The van der Waals surface area contributed by atoms with Crippen molar-refractivity contribution in [3.8, 4) is 0 Å². The fourth-order valence-corrected chi connectivity index (χ4v) is 2.79. The summed E-state index contributed by atoms with van der Waals surface area (Å²) in [5.74, 6) is -0.0591. The number of hydrogen-bond acceptors (Lipinski definition) is 2. The van der Waals surface area contributed by atoms with Crippen molar-refractivity contribution in [3.63, 3.8) is 0 Å². The Balaban J connectivity index is 1.81. The number of aromatic amines is 1. The molecule has 19 heavy (non-hydrogen) atoms. The lowest BCUT2D eigenvalue weighted by Crippen LogP contribution is -2.44. The van der Waals surface area contributed by atoms with Crippen LogP contribution in [0.15, 0.2) is 24.3 Å². The highest BCUT2D eigenvalue weighted by Crippen LogP contribution is 2.19. The molecule has 0 saturated heterocycles. The van der Waals surface area contributed by atoms with Crippen molar-refractivity contribution in [2.75, 3.05) is 0 Å². The van der Waals surface area contributed by atoms with Gasteiger partial charge < -0.3 is 16.0 Å². The molecule has 4 heteroatoms. The van der Waals surface area contributed by atoms with Crippen molar-refractivity contribution < 1.29 is 4.79 Å². The van der Waals surface area contributed by atoms with E-state index in [1.54, 1.807) is 0 Å². The minimum Gasteiger partial charge on any atom is -0.351 e. The monoisotopic (exact) mass is 257 g/mol. The average molecular weight is 257 g/mol. The van der Waals surface area contributed by atoms with Crippen molar-refractivity contribution in [1.29, 1.82) is 0 Å². The van der Waals surface area contributed by atoms with Crippen LogP contribution in [-0.2, 0) is 0 Å². The van der Waals surface area contributed by atoms with Crippen molar-refractivity contribution in [2.45, 2.75) is 38.3 Å². The number of amides is 1. The summed E-state index contributed by atoms with van der Waals surface area (Å²) in [6.07, 6.45) is 3.07. The molecule has 100 valence electrons. The van der Waals surface area contributed by atoms with Gasteiger partial charge in [-0.2, -0.15) is 0 Å². The van der Waals surface area contributed by atoms with Gasteiger partial charge in [-0.15, -0.1) is 0 Å². The molecule has 1 aliphatic rings. The zero-order valence-corrected chi connectivity index (χ0v) is 11.1. The van der Waals surface area contributed by atoms with Gasteiger partial charge in [-0.05, 0) is 44.4 Å². The van der Waals surface area contributed by atoms with Crippen LogP contribution in [0, 0.1) is 6.92 Å². The number of aryl methyl sites for hydroxylation is 1. The Bertz CT molecular complexity index is 617. The van der Waals surface area contributed by atoms with Crippen LogP contribution in [0.25, 0.3) is 10.9 Å². The zero-order chi connectivity index (χ0) is 13.4. The summed E-state index contributed by atoms with van der Waals surface area (Å²) in [5, 5.41) is 4.10. The van der Waals surface area contributed by atoms with Gasteiger partial charge >= 0.3 is 0 Å². The summed E-state index contributed by atoms with van der Waals surface area (Å²) in [7, 11) is 0. The predicted octanol–water partition coefficient (Wildman–Crippen LogP) is 2.09. The molecule has 1 heterocycles. The number of fused-ring (bicyclic) bond motifs is 1. The Morgan fingerprint density at radius 1 is 1.37 bits per heavy atom. The van der Waals surface area contributed by atoms with E-state index in [0.717, 1.165) is 30.2 Å². The van der Waals surface area contributed by atoms with Crippen LogP contribution in [0.5, 0.6) is 0 Å². The molecule has 0 unspecified atom stereocenters. The van der Waals surface area contributed by atoms with E-state index >= 15 is 0 Å². The number of nitrogens with one attached hydrogen (secondary N) is 2. The molecule has 1 saturated carbocycles. The molecular weight excluding hydrogens is 238 g/mol. The zero-order valence-electron chi connectivity index (χ0n) is 11.1. The third-order valence-electron chi connectivity index (χ3n) is 3.91. The average Bonchev–Trinajstić information content (AvgIpc) is 2.96. The first-order chi connectivity index (χ1) is 9.13. The second-order valence-electron chi connectivity index (χ2n) is 5.45. The third-order valence-corrected chi connectivity index (χ3v) is 3.91. The molecule has 3 rings (SSSR count). The summed E-state index contributed by atoms with van der Waals surface area (Å²) >= 11 is 0. The van der Waals surface area contributed by atoms with Crippen LogP contribution in [0.1, 0.15) is 35.3 Å². The molecule has 1 aromatic carbocycles. The van der Waals surface area contributed by atoms with Gasteiger partial charge in [0.2, 0.25) is 0 Å². The van der Waals surface area contributed by atoms with Gasteiger partial charge in [0, 0.05) is 23.0 Å². The molecule has 1 amide bonds. The van der Waals surface area contributed by atoms with E-state index < -0.39 is 0 Å². The van der Waals surface area contributed by atoms with Gasteiger partial charge in [0.1, 0.15) is 5.69 Å². The fraction of sp³-hybridized carbons (Fsp3) is 0.400. The molecule has 2 aromatic rings. The first kappa shape index (κ1) is 12.2. The molecule has 0 aliphatic heterocycles. The van der Waals surface area contributed by atoms with E-state index in [9.17, 15) is 4.79 Å². The minimum absolute atomic E-state index is 0.0591. The smallest absolute Gasteiger partial charge is 0.268 e. The predicted molar refractivity (Wildman–Crippen MR) is 76.1 cm³/mol. The Hall–Kier alpha value is -1.81. The third kappa shape index (κ3) is 2.36. The second kappa shape index (κ2) is 4.70. The lowest BCUT2D eigenvalue weighted by atomic mass is 10.1. The molecule has 4 N–H and O–H groups in total. The lowest BCUT2D eigenvalue weighted by Gasteiger charge is -2.16. The molecule has 2 atom stereocenters. The highest BCUT2D eigenvalue weighted by molar-refractivity contribution is 5.98. The topological polar surface area (TPSA) is 70.9 Å². The Kier molecular flexibility index (Phi) is 3.03. The van der Waals surface area contributed by atoms with Crippen molar-refractivity contribution in [3.05, 3.63) is 35.5 Å². The van der Waals surface area contributed by atoms with Crippen LogP contribution in [0.2, 0.25) is 0 Å². The molecule has 4 nitrogen and oxygen atoms in total. The van der Waals surface area contributed by atoms with Gasteiger partial charge in [-0.25, -0.2) is 0 Å². The quantitative estimate of drug-likeness (QED) is 0.771. The number of nitrogens with two attached hydrogens (primary N) is 1. The molecule has 1 aromatic heterocycles. The number of H-pyrrole nitrogens is 1. The summed E-state index contributed by atoms with van der Waals surface area (Å²) in [5.41, 5.74) is 8.77. The number of rotatable bonds is 2. The number of benzene rings is 1. The molecule has 0 bridgehead atoms. The van der Waals surface area contributed by atoms with E-state index in [1.165, 1.54) is 5.56 Å². The maximum absolute atomic E-state index is 12.2. The Morgan fingerprint density at radius 3 is 2.95 bits per heavy atom. The van der Waals surface area contributed by atoms with Gasteiger partial charge in [0.25, 0.3) is 5.91 Å². The lowest BCUT2D eigenvalue weighted by molar-refractivity contribution is 0.0930. The van der Waals surface area contributed by atoms with Gasteiger partial charge in [-0.3, -0.25) is 4.79 Å². The van der Waals surface area contributed by atoms with E-state index in [1.807, 2.05) is 25.1 Å². The van der Waals surface area contributed by atoms with Crippen molar-refractivity contribution in [1.82, 2.24) is 10.3 Å². The van der Waals surface area contributed by atoms with Gasteiger partial charge in [-0.1, -0.05) is 11.6 Å². The van der Waals surface area contributed by atoms with E-state index in [4.69, 9.17) is 5.73 Å². The second-order valence-corrected chi connectivity index (χ2v) is 5.45. The first-order valence-electron chi connectivity index (χ1n) is 6.79. The molecule has 1 aliphatic carbocycles. The standard InChI is InChI=1S/C15H19N3O/c1-9-5-6-12-10(7-9)8-14(17-12)15(19)18-13-4-2-3-11(13)16/h5-8,11,13,17H,2-4,16H2,1H3,(H,18,19)/t11-,13-/m0/s1. The van der Waals surface area contributed by atoms with Crippen LogP contribution < -0.4 is 11.1 Å². The highest BCUT2D eigenvalue weighted by Gasteiger charge is 2.26. The maximum Gasteiger partial charge on any atom is 0.268 e. The molecule has 0 radical (unpaired) electrons. The number of aromatic nitrogens is 1. The van der Waals surface area contributed by atoms with Crippen LogP contribution in [-0.4, -0.2) is 23.0 Å². The Morgan fingerprint density at radius 2 is 2.21 bits per heavy atom. The number of carbonyl (C=O) groups excluding carboxylic acids is 1. The normalized spacial score (nSPS) is 22.8. The maximum atomic E-state index is 12.2. The molecule has 1 fully saturated rings. The molecule has 0 spiro atoms. The molecular formula is C15H19N3O. The summed E-state index contributed by atoms with van der Waals surface area (Å²) in [6.45, 7) is 2.05. The van der Waals surface area contributed by atoms with Crippen LogP contribution in [0.4, 0.5) is 0 Å². The fourth-order valence-electron chi connectivity index (χ4n) is 2.79. The SMILES string of the molecule is Cc1ccc2[nH]c(C(=O)N[C@H]3CCC[C@@H]3N)cc2c1. The summed E-state index contributed by atoms with van der Waals surface area (Å²) in [6, 6.07) is 8.22. The minimum atomic E-state index is -0.0591. The highest BCUT2D eigenvalue weighted by atomic mass is 16.1. The van der Waals surface area contributed by atoms with Gasteiger partial charge in [0.15, 0.2) is 0 Å².